The Morgan fingerprint density at radius 2 is 1.97 bits per heavy atom. The zero-order valence-corrected chi connectivity index (χ0v) is 16.8. The molecule has 3 aromatic rings. The minimum Gasteiger partial charge on any atom is -0.496 e. The summed E-state index contributed by atoms with van der Waals surface area (Å²) in [4.78, 5) is 17.1. The van der Waals surface area contributed by atoms with Crippen molar-refractivity contribution in [3.05, 3.63) is 84.0 Å². The van der Waals surface area contributed by atoms with Gasteiger partial charge in [0.15, 0.2) is 0 Å². The third-order valence-corrected chi connectivity index (χ3v) is 4.47. The van der Waals surface area contributed by atoms with Crippen LogP contribution in [-0.4, -0.2) is 29.2 Å². The zero-order chi connectivity index (χ0) is 20.6. The maximum atomic E-state index is 12.7. The molecule has 1 N–H and O–H groups in total. The molecule has 1 aromatic heterocycles. The average Bonchev–Trinajstić information content (AvgIpc) is 3.17. The number of imidazole rings is 1. The number of nitrogens with zero attached hydrogens (tertiary/aromatic N) is 2. The van der Waals surface area contributed by atoms with E-state index in [1.165, 1.54) is 6.08 Å². The summed E-state index contributed by atoms with van der Waals surface area (Å²) in [6, 6.07) is 14.7. The number of hydrogen-bond acceptors (Lipinski definition) is 4. The number of para-hydroxylation sites is 1. The Morgan fingerprint density at radius 3 is 2.62 bits per heavy atom. The van der Waals surface area contributed by atoms with E-state index in [1.807, 2.05) is 73.3 Å². The lowest BCUT2D eigenvalue weighted by Gasteiger charge is -2.20. The van der Waals surface area contributed by atoms with E-state index < -0.39 is 6.04 Å². The third-order valence-electron chi connectivity index (χ3n) is 4.47. The summed E-state index contributed by atoms with van der Waals surface area (Å²) in [5, 5.41) is 3.04. The van der Waals surface area contributed by atoms with Crippen molar-refractivity contribution >= 4 is 12.0 Å². The van der Waals surface area contributed by atoms with Gasteiger partial charge in [-0.05, 0) is 36.8 Å². The van der Waals surface area contributed by atoms with Crippen LogP contribution in [0.5, 0.6) is 11.5 Å². The number of rotatable bonds is 8. The normalized spacial score (nSPS) is 12.0. The van der Waals surface area contributed by atoms with E-state index in [4.69, 9.17) is 9.47 Å². The highest BCUT2D eigenvalue weighted by molar-refractivity contribution is 5.92. The van der Waals surface area contributed by atoms with E-state index in [0.717, 1.165) is 22.7 Å². The number of ether oxygens (including phenoxy) is 2. The molecule has 6 nitrogen and oxygen atoms in total. The number of nitrogens with one attached hydrogen (secondary N) is 1. The van der Waals surface area contributed by atoms with Gasteiger partial charge in [-0.1, -0.05) is 30.3 Å². The molecule has 150 valence electrons. The number of aryl methyl sites for hydroxylation is 1. The van der Waals surface area contributed by atoms with Gasteiger partial charge in [-0.15, -0.1) is 0 Å². The van der Waals surface area contributed by atoms with Crippen LogP contribution in [0.25, 0.3) is 6.08 Å². The second-order valence-corrected chi connectivity index (χ2v) is 6.42. The third kappa shape index (κ3) is 5.04. The number of methoxy groups -OCH3 is 1. The van der Waals surface area contributed by atoms with Gasteiger partial charge in [-0.25, -0.2) is 4.98 Å². The lowest BCUT2D eigenvalue weighted by atomic mass is 10.0. The van der Waals surface area contributed by atoms with E-state index in [2.05, 4.69) is 10.3 Å². The molecule has 1 heterocycles. The van der Waals surface area contributed by atoms with Gasteiger partial charge < -0.3 is 19.4 Å². The van der Waals surface area contributed by atoms with Gasteiger partial charge in [0.1, 0.15) is 23.4 Å². The van der Waals surface area contributed by atoms with Crippen LogP contribution in [0.4, 0.5) is 0 Å². The van der Waals surface area contributed by atoms with Crippen molar-refractivity contribution < 1.29 is 14.3 Å². The number of carbonyl (C=O) groups excluding carboxylic acids is 1. The van der Waals surface area contributed by atoms with Crippen LogP contribution in [0.15, 0.2) is 67.0 Å². The Labute approximate surface area is 170 Å². The summed E-state index contributed by atoms with van der Waals surface area (Å²) in [6.45, 7) is 2.56. The molecule has 6 heteroatoms. The van der Waals surface area contributed by atoms with Crippen molar-refractivity contribution in [2.24, 2.45) is 7.05 Å². The maximum absolute atomic E-state index is 12.7. The van der Waals surface area contributed by atoms with Gasteiger partial charge in [0.2, 0.25) is 5.91 Å². The molecular formula is C23H25N3O3. The van der Waals surface area contributed by atoms with E-state index in [1.54, 1.807) is 19.4 Å². The minimum absolute atomic E-state index is 0.224. The fourth-order valence-corrected chi connectivity index (χ4v) is 3.05. The zero-order valence-electron chi connectivity index (χ0n) is 16.8. The molecule has 0 aliphatic carbocycles. The van der Waals surface area contributed by atoms with Crippen molar-refractivity contribution in [1.29, 1.82) is 0 Å². The Morgan fingerprint density at radius 1 is 1.21 bits per heavy atom. The molecule has 1 amide bonds. The van der Waals surface area contributed by atoms with Crippen molar-refractivity contribution in [1.82, 2.24) is 14.9 Å². The average molecular weight is 391 g/mol. The molecule has 0 fully saturated rings. The van der Waals surface area contributed by atoms with Gasteiger partial charge >= 0.3 is 0 Å². The number of amides is 1. The fraction of sp³-hybridized carbons (Fsp3) is 0.217. The van der Waals surface area contributed by atoms with Crippen LogP contribution in [0.2, 0.25) is 0 Å². The van der Waals surface area contributed by atoms with Crippen LogP contribution in [-0.2, 0) is 11.8 Å². The predicted octanol–water partition coefficient (Wildman–Crippen LogP) is 3.75. The van der Waals surface area contributed by atoms with Gasteiger partial charge in [-0.2, -0.15) is 0 Å². The first-order valence-electron chi connectivity index (χ1n) is 9.44. The monoisotopic (exact) mass is 391 g/mol. The van der Waals surface area contributed by atoms with E-state index in [-0.39, 0.29) is 5.91 Å². The predicted molar refractivity (Wildman–Crippen MR) is 113 cm³/mol. The van der Waals surface area contributed by atoms with Crippen LogP contribution in [0.1, 0.15) is 29.9 Å². The summed E-state index contributed by atoms with van der Waals surface area (Å²) in [6.07, 6.45) is 6.84. The van der Waals surface area contributed by atoms with Gasteiger partial charge in [0.05, 0.1) is 13.7 Å². The molecule has 1 atom stereocenters. The highest BCUT2D eigenvalue weighted by atomic mass is 16.5. The summed E-state index contributed by atoms with van der Waals surface area (Å²) in [7, 11) is 3.51. The van der Waals surface area contributed by atoms with E-state index in [0.29, 0.717) is 12.4 Å². The van der Waals surface area contributed by atoms with Crippen LogP contribution in [0.3, 0.4) is 0 Å². The molecule has 2 aromatic carbocycles. The molecule has 0 spiro atoms. The molecular weight excluding hydrogens is 366 g/mol. The summed E-state index contributed by atoms with van der Waals surface area (Å²) in [5.74, 6) is 1.99. The largest absolute Gasteiger partial charge is 0.496 e. The first-order valence-corrected chi connectivity index (χ1v) is 9.44. The first-order chi connectivity index (χ1) is 14.1. The van der Waals surface area contributed by atoms with Crippen LogP contribution < -0.4 is 14.8 Å². The quantitative estimate of drug-likeness (QED) is 0.594. The number of hydrogen-bond donors (Lipinski definition) is 1. The Balaban J connectivity index is 1.80. The first kappa shape index (κ1) is 20.2. The minimum atomic E-state index is -0.441. The second-order valence-electron chi connectivity index (χ2n) is 6.42. The SMILES string of the molecule is CCOc1ccc(/C=C/C(=O)NC(c2ccccc2OC)c2nccn2C)cc1. The molecule has 0 radical (unpaired) electrons. The fourth-order valence-electron chi connectivity index (χ4n) is 3.05. The molecule has 0 aliphatic heterocycles. The highest BCUT2D eigenvalue weighted by Gasteiger charge is 2.23. The molecule has 0 saturated heterocycles. The number of aromatic nitrogens is 2. The molecule has 0 bridgehead atoms. The second kappa shape index (κ2) is 9.59. The van der Waals surface area contributed by atoms with Crippen molar-refractivity contribution in [3.8, 4) is 11.5 Å². The number of carbonyl (C=O) groups is 1. The van der Waals surface area contributed by atoms with Crippen molar-refractivity contribution in [2.75, 3.05) is 13.7 Å². The standard InChI is InChI=1S/C23H25N3O3/c1-4-29-18-12-9-17(10-13-18)11-14-21(27)25-22(23-24-15-16-26(23)2)19-7-5-6-8-20(19)28-3/h5-16,22H,4H2,1-3H3,(H,25,27)/b14-11+. The topological polar surface area (TPSA) is 65.4 Å². The Kier molecular flexibility index (Phi) is 6.68. The molecule has 29 heavy (non-hydrogen) atoms. The van der Waals surface area contributed by atoms with Crippen LogP contribution in [0, 0.1) is 0 Å². The molecule has 3 rings (SSSR count). The molecule has 1 unspecified atom stereocenters. The summed E-state index contributed by atoms with van der Waals surface area (Å²) in [5.41, 5.74) is 1.75. The maximum Gasteiger partial charge on any atom is 0.244 e. The van der Waals surface area contributed by atoms with E-state index >= 15 is 0 Å². The lowest BCUT2D eigenvalue weighted by molar-refractivity contribution is -0.117. The molecule has 0 saturated carbocycles. The van der Waals surface area contributed by atoms with E-state index in [9.17, 15) is 4.79 Å². The molecule has 0 aliphatic rings. The Bertz CT molecular complexity index is 977. The van der Waals surface area contributed by atoms with Crippen molar-refractivity contribution in [3.63, 3.8) is 0 Å². The summed E-state index contributed by atoms with van der Waals surface area (Å²) < 4.78 is 12.8. The number of benzene rings is 2. The van der Waals surface area contributed by atoms with Crippen molar-refractivity contribution in [2.45, 2.75) is 13.0 Å². The Hall–Kier alpha value is -3.54. The van der Waals surface area contributed by atoms with Crippen LogP contribution >= 0.6 is 0 Å². The highest BCUT2D eigenvalue weighted by Crippen LogP contribution is 2.29. The summed E-state index contributed by atoms with van der Waals surface area (Å²) >= 11 is 0. The van der Waals surface area contributed by atoms with Gasteiger partial charge in [0.25, 0.3) is 0 Å². The van der Waals surface area contributed by atoms with Gasteiger partial charge in [0, 0.05) is 31.1 Å². The van der Waals surface area contributed by atoms with Gasteiger partial charge in [-0.3, -0.25) is 4.79 Å². The smallest absolute Gasteiger partial charge is 0.244 e. The lowest BCUT2D eigenvalue weighted by Crippen LogP contribution is -2.30.